The van der Waals surface area contributed by atoms with Crippen molar-refractivity contribution in [2.24, 2.45) is 0 Å². The van der Waals surface area contributed by atoms with Crippen molar-refractivity contribution in [3.05, 3.63) is 78.2 Å². The number of likely N-dealkylation sites (tertiary alicyclic amines) is 1. The zero-order valence-corrected chi connectivity index (χ0v) is 17.6. The molecule has 3 aromatic rings. The minimum absolute atomic E-state index is 0.0929. The second-order valence-electron chi connectivity index (χ2n) is 7.93. The van der Waals surface area contributed by atoms with Crippen LogP contribution in [0.2, 0.25) is 0 Å². The molecule has 0 amide bonds. The summed E-state index contributed by atoms with van der Waals surface area (Å²) in [5, 5.41) is 2.13. The summed E-state index contributed by atoms with van der Waals surface area (Å²) >= 11 is 1.65. The van der Waals surface area contributed by atoms with Crippen LogP contribution < -0.4 is 4.31 Å². The van der Waals surface area contributed by atoms with Gasteiger partial charge >= 0.3 is 0 Å². The average Bonchev–Trinajstić information content (AvgIpc) is 3.38. The molecule has 7 heteroatoms. The molecule has 2 aliphatic rings. The summed E-state index contributed by atoms with van der Waals surface area (Å²) in [4.78, 5) is 11.1. The Labute approximate surface area is 179 Å². The lowest BCUT2D eigenvalue weighted by atomic mass is 9.83. The number of halogens is 1. The van der Waals surface area contributed by atoms with Crippen LogP contribution in [0.5, 0.6) is 0 Å². The van der Waals surface area contributed by atoms with E-state index in [4.69, 9.17) is 4.42 Å². The molecule has 2 aliphatic heterocycles. The predicted molar refractivity (Wildman–Crippen MR) is 117 cm³/mol. The van der Waals surface area contributed by atoms with E-state index in [1.165, 1.54) is 12.5 Å². The topological polar surface area (TPSA) is 45.4 Å². The Morgan fingerprint density at radius 1 is 1.30 bits per heavy atom. The van der Waals surface area contributed by atoms with Gasteiger partial charge in [-0.25, -0.2) is 9.37 Å². The fourth-order valence-electron chi connectivity index (χ4n) is 4.49. The molecule has 1 fully saturated rings. The first-order valence-electron chi connectivity index (χ1n) is 10.1. The van der Waals surface area contributed by atoms with Gasteiger partial charge in [-0.2, -0.15) is 0 Å². The van der Waals surface area contributed by atoms with Gasteiger partial charge in [-0.05, 0) is 73.5 Å². The quantitative estimate of drug-likeness (QED) is 0.533. The van der Waals surface area contributed by atoms with Gasteiger partial charge in [0.1, 0.15) is 11.5 Å². The number of benzene rings is 1. The first-order chi connectivity index (χ1) is 14.6. The third kappa shape index (κ3) is 3.52. The van der Waals surface area contributed by atoms with Crippen molar-refractivity contribution in [3.8, 4) is 11.3 Å². The molecular weight excluding hydrogens is 399 g/mol. The third-order valence-electron chi connectivity index (χ3n) is 6.01. The van der Waals surface area contributed by atoms with Crippen molar-refractivity contribution in [3.63, 3.8) is 0 Å². The van der Waals surface area contributed by atoms with Crippen molar-refractivity contribution >= 4 is 17.6 Å². The van der Waals surface area contributed by atoms with Crippen LogP contribution in [0.3, 0.4) is 0 Å². The van der Waals surface area contributed by atoms with Crippen LogP contribution in [0.1, 0.15) is 25.5 Å². The van der Waals surface area contributed by atoms with Gasteiger partial charge in [0, 0.05) is 37.1 Å². The van der Waals surface area contributed by atoms with Crippen molar-refractivity contribution in [2.45, 2.75) is 37.9 Å². The molecule has 0 unspecified atom stereocenters. The van der Waals surface area contributed by atoms with E-state index >= 15 is 0 Å². The highest BCUT2D eigenvalue weighted by Gasteiger charge is 2.44. The number of nitrogens with zero attached hydrogens (tertiary/aromatic N) is 4. The van der Waals surface area contributed by atoms with Crippen LogP contribution >= 0.6 is 11.9 Å². The van der Waals surface area contributed by atoms with Crippen LogP contribution in [-0.2, 0) is 6.54 Å². The minimum Gasteiger partial charge on any atom is -0.443 e. The van der Waals surface area contributed by atoms with Gasteiger partial charge < -0.3 is 8.72 Å². The standard InChI is InChI=1S/C23H23FN4OS/c1-17-13-23(8-11-30-28(23)20-6-2-5-19(24)12-20)7-10-27(17)15-21-22(29-16-26-21)18-4-3-9-25-14-18/h2-6,8-9,11-12,14,16-17H,7,10,13,15H2,1H3/t17-,23-/m0/s1. The molecule has 5 nitrogen and oxygen atoms in total. The summed E-state index contributed by atoms with van der Waals surface area (Å²) in [6, 6.07) is 11.1. The second-order valence-corrected chi connectivity index (χ2v) is 8.78. The highest BCUT2D eigenvalue weighted by atomic mass is 32.2. The van der Waals surface area contributed by atoms with Crippen molar-refractivity contribution < 1.29 is 8.81 Å². The molecule has 0 radical (unpaired) electrons. The molecule has 0 saturated carbocycles. The van der Waals surface area contributed by atoms with E-state index in [2.05, 4.69) is 37.6 Å². The molecule has 4 heterocycles. The van der Waals surface area contributed by atoms with Crippen LogP contribution in [0, 0.1) is 5.82 Å². The zero-order valence-electron chi connectivity index (χ0n) is 16.7. The number of pyridine rings is 1. The molecule has 30 heavy (non-hydrogen) atoms. The molecule has 5 rings (SSSR count). The van der Waals surface area contributed by atoms with Crippen LogP contribution in [0.4, 0.5) is 10.1 Å². The maximum absolute atomic E-state index is 13.8. The van der Waals surface area contributed by atoms with E-state index < -0.39 is 0 Å². The maximum Gasteiger partial charge on any atom is 0.181 e. The Hall–Kier alpha value is -2.64. The Morgan fingerprint density at radius 3 is 3.03 bits per heavy atom. The molecular formula is C23H23FN4OS. The summed E-state index contributed by atoms with van der Waals surface area (Å²) in [6.45, 7) is 3.91. The summed E-state index contributed by atoms with van der Waals surface area (Å²) in [5.41, 5.74) is 2.70. The Morgan fingerprint density at radius 2 is 2.23 bits per heavy atom. The number of anilines is 1. The van der Waals surface area contributed by atoms with Gasteiger partial charge in [-0.1, -0.05) is 6.07 Å². The summed E-state index contributed by atoms with van der Waals surface area (Å²) in [6.07, 6.45) is 9.28. The van der Waals surface area contributed by atoms with E-state index in [0.29, 0.717) is 6.04 Å². The number of hydrogen-bond donors (Lipinski definition) is 0. The average molecular weight is 423 g/mol. The van der Waals surface area contributed by atoms with Crippen LogP contribution in [0.25, 0.3) is 11.3 Å². The highest BCUT2D eigenvalue weighted by Crippen LogP contribution is 2.46. The zero-order chi connectivity index (χ0) is 20.6. The molecule has 0 aliphatic carbocycles. The number of piperidine rings is 1. The van der Waals surface area contributed by atoms with Gasteiger partial charge in [-0.3, -0.25) is 9.88 Å². The predicted octanol–water partition coefficient (Wildman–Crippen LogP) is 5.28. The lowest BCUT2D eigenvalue weighted by Crippen LogP contribution is -2.53. The van der Waals surface area contributed by atoms with Crippen molar-refractivity contribution in [1.29, 1.82) is 0 Å². The normalized spacial score (nSPS) is 24.1. The molecule has 1 spiro atoms. The van der Waals surface area contributed by atoms with Gasteiger partial charge in [-0.15, -0.1) is 0 Å². The first-order valence-corrected chi connectivity index (χ1v) is 11.0. The SMILES string of the molecule is C[C@H]1C[C@@]2(C=CSN2c2cccc(F)c2)CCN1Cc1ncoc1-c1cccnc1. The fourth-order valence-corrected chi connectivity index (χ4v) is 5.60. The lowest BCUT2D eigenvalue weighted by molar-refractivity contribution is 0.119. The molecule has 1 aromatic carbocycles. The van der Waals surface area contributed by atoms with E-state index in [0.717, 1.165) is 48.6 Å². The van der Waals surface area contributed by atoms with Crippen molar-refractivity contribution in [2.75, 3.05) is 10.8 Å². The Balaban J connectivity index is 1.33. The van der Waals surface area contributed by atoms with Crippen molar-refractivity contribution in [1.82, 2.24) is 14.9 Å². The molecule has 2 atom stereocenters. The third-order valence-corrected chi connectivity index (χ3v) is 7.06. The van der Waals surface area contributed by atoms with Crippen LogP contribution in [0.15, 0.2) is 71.1 Å². The number of oxazole rings is 1. The largest absolute Gasteiger partial charge is 0.443 e. The van der Waals surface area contributed by atoms with E-state index in [9.17, 15) is 4.39 Å². The van der Waals surface area contributed by atoms with Gasteiger partial charge in [0.2, 0.25) is 0 Å². The smallest absolute Gasteiger partial charge is 0.181 e. The summed E-state index contributed by atoms with van der Waals surface area (Å²) < 4.78 is 21.8. The van der Waals surface area contributed by atoms with E-state index in [-0.39, 0.29) is 11.4 Å². The number of hydrogen-bond acceptors (Lipinski definition) is 6. The molecule has 0 bridgehead atoms. The minimum atomic E-state index is -0.199. The van der Waals surface area contributed by atoms with Gasteiger partial charge in [0.05, 0.1) is 11.2 Å². The Bertz CT molecular complexity index is 1060. The number of aromatic nitrogens is 2. The summed E-state index contributed by atoms with van der Waals surface area (Å²) in [7, 11) is 0. The van der Waals surface area contributed by atoms with Gasteiger partial charge in [0.25, 0.3) is 0 Å². The highest BCUT2D eigenvalue weighted by molar-refractivity contribution is 8.03. The molecule has 0 N–H and O–H groups in total. The lowest BCUT2D eigenvalue weighted by Gasteiger charge is -2.47. The fraction of sp³-hybridized carbons (Fsp3) is 0.304. The number of rotatable bonds is 4. The molecule has 2 aromatic heterocycles. The van der Waals surface area contributed by atoms with E-state index in [1.54, 1.807) is 36.5 Å². The second kappa shape index (κ2) is 7.89. The van der Waals surface area contributed by atoms with Crippen LogP contribution in [-0.4, -0.2) is 33.0 Å². The first kappa shape index (κ1) is 19.3. The maximum atomic E-state index is 13.8. The van der Waals surface area contributed by atoms with E-state index in [1.807, 2.05) is 18.2 Å². The Kier molecular flexibility index (Phi) is 5.08. The van der Waals surface area contributed by atoms with Gasteiger partial charge in [0.15, 0.2) is 12.2 Å². The summed E-state index contributed by atoms with van der Waals surface area (Å²) in [5.74, 6) is 0.586. The monoisotopic (exact) mass is 422 g/mol. The molecule has 154 valence electrons. The molecule has 1 saturated heterocycles.